The van der Waals surface area contributed by atoms with Crippen LogP contribution in [-0.4, -0.2) is 32.3 Å². The van der Waals surface area contributed by atoms with Gasteiger partial charge in [0.2, 0.25) is 0 Å². The summed E-state index contributed by atoms with van der Waals surface area (Å²) < 4.78 is 11.0. The Labute approximate surface area is 133 Å². The van der Waals surface area contributed by atoms with Gasteiger partial charge in [0.05, 0.1) is 13.7 Å². The molecule has 0 aliphatic rings. The van der Waals surface area contributed by atoms with E-state index in [-0.39, 0.29) is 6.10 Å². The number of guanidine groups is 1. The molecule has 0 spiro atoms. The van der Waals surface area contributed by atoms with Crippen LogP contribution in [0.3, 0.4) is 0 Å². The van der Waals surface area contributed by atoms with E-state index < -0.39 is 0 Å². The monoisotopic (exact) mass is 307 g/mol. The van der Waals surface area contributed by atoms with Gasteiger partial charge in [-0.1, -0.05) is 32.3 Å². The fourth-order valence-electron chi connectivity index (χ4n) is 2.00. The van der Waals surface area contributed by atoms with Crippen molar-refractivity contribution in [3.05, 3.63) is 24.3 Å². The molecular formula is C17H29N3O2. The Morgan fingerprint density at radius 1 is 1.27 bits per heavy atom. The molecule has 0 radical (unpaired) electrons. The Balaban J connectivity index is 2.28. The first kappa shape index (κ1) is 18.1. The summed E-state index contributed by atoms with van der Waals surface area (Å²) >= 11 is 0. The minimum Gasteiger partial charge on any atom is -0.497 e. The molecule has 1 rings (SSSR count). The van der Waals surface area contributed by atoms with Crippen molar-refractivity contribution in [2.75, 3.05) is 20.2 Å². The number of nitrogens with one attached hydrogen (secondary N) is 1. The molecule has 0 bridgehead atoms. The van der Waals surface area contributed by atoms with E-state index in [4.69, 9.17) is 15.2 Å². The van der Waals surface area contributed by atoms with E-state index in [1.165, 1.54) is 19.3 Å². The summed E-state index contributed by atoms with van der Waals surface area (Å²) in [4.78, 5) is 4.31. The first-order valence-electron chi connectivity index (χ1n) is 8.00. The molecule has 0 heterocycles. The van der Waals surface area contributed by atoms with Gasteiger partial charge in [0.1, 0.15) is 17.6 Å². The summed E-state index contributed by atoms with van der Waals surface area (Å²) in [6.07, 6.45) is 4.81. The lowest BCUT2D eigenvalue weighted by Crippen LogP contribution is -2.33. The fraction of sp³-hybridized carbons (Fsp3) is 0.588. The Hall–Kier alpha value is -1.91. The number of hydrogen-bond donors (Lipinski definition) is 2. The van der Waals surface area contributed by atoms with E-state index in [1.807, 2.05) is 31.2 Å². The number of methoxy groups -OCH3 is 1. The molecule has 0 saturated heterocycles. The number of hydrogen-bond acceptors (Lipinski definition) is 3. The predicted molar refractivity (Wildman–Crippen MR) is 91.7 cm³/mol. The Morgan fingerprint density at radius 3 is 2.77 bits per heavy atom. The zero-order valence-corrected chi connectivity index (χ0v) is 14.0. The van der Waals surface area contributed by atoms with Crippen LogP contribution in [0, 0.1) is 0 Å². The lowest BCUT2D eigenvalue weighted by molar-refractivity contribution is 0.229. The highest BCUT2D eigenvalue weighted by Gasteiger charge is 2.04. The summed E-state index contributed by atoms with van der Waals surface area (Å²) in [5.41, 5.74) is 5.84. The molecule has 5 heteroatoms. The van der Waals surface area contributed by atoms with Crippen molar-refractivity contribution in [3.63, 3.8) is 0 Å². The molecule has 5 nitrogen and oxygen atoms in total. The number of aliphatic imine (C=N–C) groups is 1. The van der Waals surface area contributed by atoms with Crippen molar-refractivity contribution >= 4 is 5.96 Å². The lowest BCUT2D eigenvalue weighted by Gasteiger charge is -2.14. The molecule has 1 atom stereocenters. The molecule has 0 saturated carbocycles. The maximum absolute atomic E-state index is 5.84. The van der Waals surface area contributed by atoms with Crippen molar-refractivity contribution in [1.29, 1.82) is 0 Å². The summed E-state index contributed by atoms with van der Waals surface area (Å²) in [7, 11) is 1.64. The van der Waals surface area contributed by atoms with Crippen LogP contribution in [0.25, 0.3) is 0 Å². The van der Waals surface area contributed by atoms with E-state index in [0.29, 0.717) is 12.5 Å². The van der Waals surface area contributed by atoms with E-state index in [2.05, 4.69) is 17.2 Å². The van der Waals surface area contributed by atoms with Crippen LogP contribution in [0.4, 0.5) is 0 Å². The maximum atomic E-state index is 5.84. The van der Waals surface area contributed by atoms with Crippen LogP contribution in [0.1, 0.15) is 39.5 Å². The third-order valence-electron chi connectivity index (χ3n) is 3.23. The van der Waals surface area contributed by atoms with Crippen LogP contribution < -0.4 is 20.5 Å². The second-order valence-electron chi connectivity index (χ2n) is 5.32. The SMILES string of the molecule is CCCCCCNC(N)=NCC(C)Oc1cccc(OC)c1. The summed E-state index contributed by atoms with van der Waals surface area (Å²) in [5, 5.41) is 3.13. The molecule has 1 aromatic carbocycles. The van der Waals surface area contributed by atoms with Crippen LogP contribution in [0.2, 0.25) is 0 Å². The van der Waals surface area contributed by atoms with Crippen LogP contribution in [-0.2, 0) is 0 Å². The van der Waals surface area contributed by atoms with E-state index in [0.717, 1.165) is 24.5 Å². The number of nitrogens with zero attached hydrogens (tertiary/aromatic N) is 1. The van der Waals surface area contributed by atoms with Crippen molar-refractivity contribution in [1.82, 2.24) is 5.32 Å². The number of unbranched alkanes of at least 4 members (excludes halogenated alkanes) is 3. The van der Waals surface area contributed by atoms with Gasteiger partial charge in [0.25, 0.3) is 0 Å². The average molecular weight is 307 g/mol. The van der Waals surface area contributed by atoms with Crippen molar-refractivity contribution < 1.29 is 9.47 Å². The molecule has 1 unspecified atom stereocenters. The highest BCUT2D eigenvalue weighted by molar-refractivity contribution is 5.77. The average Bonchev–Trinajstić information content (AvgIpc) is 2.53. The Bertz CT molecular complexity index is 449. The molecule has 22 heavy (non-hydrogen) atoms. The van der Waals surface area contributed by atoms with Gasteiger partial charge in [0, 0.05) is 12.6 Å². The molecule has 1 aromatic rings. The molecule has 0 amide bonds. The number of ether oxygens (including phenoxy) is 2. The van der Waals surface area contributed by atoms with Crippen LogP contribution in [0.5, 0.6) is 11.5 Å². The van der Waals surface area contributed by atoms with Gasteiger partial charge < -0.3 is 20.5 Å². The summed E-state index contributed by atoms with van der Waals surface area (Å²) in [6, 6.07) is 7.54. The van der Waals surface area contributed by atoms with Crippen molar-refractivity contribution in [3.8, 4) is 11.5 Å². The third kappa shape index (κ3) is 7.76. The summed E-state index contributed by atoms with van der Waals surface area (Å²) in [6.45, 7) is 5.57. The Morgan fingerprint density at radius 2 is 2.05 bits per heavy atom. The van der Waals surface area contributed by atoms with Gasteiger partial charge in [-0.05, 0) is 25.5 Å². The van der Waals surface area contributed by atoms with Gasteiger partial charge in [-0.15, -0.1) is 0 Å². The lowest BCUT2D eigenvalue weighted by atomic mass is 10.2. The summed E-state index contributed by atoms with van der Waals surface area (Å²) in [5.74, 6) is 2.03. The molecule has 0 fully saturated rings. The number of nitrogens with two attached hydrogens (primary N) is 1. The second kappa shape index (κ2) is 10.8. The van der Waals surface area contributed by atoms with Gasteiger partial charge in [-0.3, -0.25) is 0 Å². The van der Waals surface area contributed by atoms with E-state index in [9.17, 15) is 0 Å². The minimum atomic E-state index is -0.0486. The zero-order chi connectivity index (χ0) is 16.2. The quantitative estimate of drug-likeness (QED) is 0.396. The first-order valence-corrected chi connectivity index (χ1v) is 8.00. The smallest absolute Gasteiger partial charge is 0.188 e. The second-order valence-corrected chi connectivity index (χ2v) is 5.32. The third-order valence-corrected chi connectivity index (χ3v) is 3.23. The number of rotatable bonds is 10. The van der Waals surface area contributed by atoms with E-state index >= 15 is 0 Å². The van der Waals surface area contributed by atoms with Gasteiger partial charge in [0.15, 0.2) is 5.96 Å². The molecule has 0 aliphatic carbocycles. The molecule has 3 N–H and O–H groups in total. The van der Waals surface area contributed by atoms with Crippen molar-refractivity contribution in [2.45, 2.75) is 45.6 Å². The highest BCUT2D eigenvalue weighted by Crippen LogP contribution is 2.19. The molecule has 124 valence electrons. The normalized spacial score (nSPS) is 12.8. The molecule has 0 aromatic heterocycles. The fourth-order valence-corrected chi connectivity index (χ4v) is 2.00. The van der Waals surface area contributed by atoms with Crippen LogP contribution >= 0.6 is 0 Å². The van der Waals surface area contributed by atoms with Crippen LogP contribution in [0.15, 0.2) is 29.3 Å². The molecule has 0 aliphatic heterocycles. The first-order chi connectivity index (χ1) is 10.7. The standard InChI is InChI=1S/C17H29N3O2/c1-4-5-6-7-11-19-17(18)20-13-14(2)22-16-10-8-9-15(12-16)21-3/h8-10,12,14H,4-7,11,13H2,1-3H3,(H3,18,19,20). The molecular weight excluding hydrogens is 278 g/mol. The predicted octanol–water partition coefficient (Wildman–Crippen LogP) is 2.95. The van der Waals surface area contributed by atoms with Crippen molar-refractivity contribution in [2.24, 2.45) is 10.7 Å². The highest BCUT2D eigenvalue weighted by atomic mass is 16.5. The van der Waals surface area contributed by atoms with E-state index in [1.54, 1.807) is 7.11 Å². The minimum absolute atomic E-state index is 0.0486. The largest absolute Gasteiger partial charge is 0.497 e. The maximum Gasteiger partial charge on any atom is 0.188 e. The number of benzene rings is 1. The van der Waals surface area contributed by atoms with Gasteiger partial charge in [-0.2, -0.15) is 0 Å². The Kier molecular flexibility index (Phi) is 8.88. The van der Waals surface area contributed by atoms with Gasteiger partial charge >= 0.3 is 0 Å². The van der Waals surface area contributed by atoms with Gasteiger partial charge in [-0.25, -0.2) is 4.99 Å². The topological polar surface area (TPSA) is 68.9 Å². The zero-order valence-electron chi connectivity index (χ0n) is 14.0.